The fourth-order valence-corrected chi connectivity index (χ4v) is 2.71. The first-order valence-electron chi connectivity index (χ1n) is 8.64. The molecule has 1 amide bonds. The molecule has 20 heavy (non-hydrogen) atoms. The van der Waals surface area contributed by atoms with Gasteiger partial charge in [-0.25, -0.2) is 0 Å². The van der Waals surface area contributed by atoms with Crippen LogP contribution >= 0.6 is 15.9 Å². The number of unbranched alkanes of at least 4 members (excludes halogenated alkanes) is 10. The maximum atomic E-state index is 11.6. The van der Waals surface area contributed by atoms with Crippen molar-refractivity contribution in [2.75, 3.05) is 11.9 Å². The van der Waals surface area contributed by atoms with Crippen molar-refractivity contribution in [2.24, 2.45) is 0 Å². The first kappa shape index (κ1) is 19.9. The number of hydrogen-bond donors (Lipinski definition) is 1. The fraction of sp³-hybridized carbons (Fsp3) is 0.941. The van der Waals surface area contributed by atoms with Crippen LogP contribution in [0.3, 0.4) is 0 Å². The van der Waals surface area contributed by atoms with Gasteiger partial charge in [-0.3, -0.25) is 4.79 Å². The summed E-state index contributed by atoms with van der Waals surface area (Å²) < 4.78 is 0. The molecule has 0 radical (unpaired) electrons. The lowest BCUT2D eigenvalue weighted by Gasteiger charge is -2.05. The monoisotopic (exact) mass is 347 g/mol. The van der Waals surface area contributed by atoms with Crippen LogP contribution in [-0.4, -0.2) is 17.8 Å². The van der Waals surface area contributed by atoms with Crippen molar-refractivity contribution in [1.82, 2.24) is 5.32 Å². The molecule has 120 valence electrons. The smallest absolute Gasteiger partial charge is 0.219 e. The van der Waals surface area contributed by atoms with E-state index in [9.17, 15) is 4.79 Å². The number of carbonyl (C=O) groups excluding carboxylic acids is 1. The van der Waals surface area contributed by atoms with E-state index in [1.807, 2.05) is 0 Å². The Hall–Kier alpha value is -0.0500. The summed E-state index contributed by atoms with van der Waals surface area (Å²) in [5.74, 6) is 0.242. The second kappa shape index (κ2) is 17.0. The second-order valence-corrected chi connectivity index (χ2v) is 6.47. The molecule has 0 bridgehead atoms. The van der Waals surface area contributed by atoms with E-state index in [2.05, 4.69) is 28.2 Å². The Morgan fingerprint density at radius 3 is 1.95 bits per heavy atom. The lowest BCUT2D eigenvalue weighted by molar-refractivity contribution is -0.121. The average molecular weight is 348 g/mol. The van der Waals surface area contributed by atoms with Gasteiger partial charge in [-0.15, -0.1) is 0 Å². The summed E-state index contributed by atoms with van der Waals surface area (Å²) in [5.41, 5.74) is 0. The molecule has 0 atom stereocenters. The number of alkyl halides is 1. The van der Waals surface area contributed by atoms with Gasteiger partial charge in [-0.1, -0.05) is 80.6 Å². The van der Waals surface area contributed by atoms with Crippen molar-refractivity contribution < 1.29 is 4.79 Å². The van der Waals surface area contributed by atoms with Crippen molar-refractivity contribution in [2.45, 2.75) is 90.4 Å². The van der Waals surface area contributed by atoms with Gasteiger partial charge in [0.2, 0.25) is 5.91 Å². The van der Waals surface area contributed by atoms with Crippen molar-refractivity contribution in [3.8, 4) is 0 Å². The highest BCUT2D eigenvalue weighted by atomic mass is 79.9. The van der Waals surface area contributed by atoms with Gasteiger partial charge in [0.25, 0.3) is 0 Å². The number of rotatable bonds is 15. The van der Waals surface area contributed by atoms with E-state index in [4.69, 9.17) is 0 Å². The topological polar surface area (TPSA) is 29.1 Å². The molecule has 0 saturated carbocycles. The molecule has 3 heteroatoms. The Labute approximate surface area is 134 Å². The van der Waals surface area contributed by atoms with Gasteiger partial charge >= 0.3 is 0 Å². The average Bonchev–Trinajstić information content (AvgIpc) is 2.45. The summed E-state index contributed by atoms with van der Waals surface area (Å²) in [7, 11) is 0. The predicted molar refractivity (Wildman–Crippen MR) is 92.5 cm³/mol. The molecule has 0 aliphatic carbocycles. The minimum absolute atomic E-state index is 0.242. The molecule has 0 fully saturated rings. The minimum Gasteiger partial charge on any atom is -0.356 e. The zero-order valence-corrected chi connectivity index (χ0v) is 15.0. The molecule has 0 aliphatic heterocycles. The Morgan fingerprint density at radius 2 is 1.35 bits per heavy atom. The third kappa shape index (κ3) is 16.0. The number of hydrogen-bond acceptors (Lipinski definition) is 1. The van der Waals surface area contributed by atoms with Crippen LogP contribution in [0, 0.1) is 0 Å². The van der Waals surface area contributed by atoms with Gasteiger partial charge in [0, 0.05) is 18.3 Å². The van der Waals surface area contributed by atoms with Gasteiger partial charge < -0.3 is 5.32 Å². The van der Waals surface area contributed by atoms with E-state index in [0.29, 0.717) is 6.42 Å². The van der Waals surface area contributed by atoms with Crippen LogP contribution in [0.1, 0.15) is 90.4 Å². The molecular weight excluding hydrogens is 314 g/mol. The number of nitrogens with one attached hydrogen (secondary N) is 1. The van der Waals surface area contributed by atoms with Crippen molar-refractivity contribution in [1.29, 1.82) is 0 Å². The molecule has 0 heterocycles. The maximum Gasteiger partial charge on any atom is 0.219 e. The molecule has 1 N–H and O–H groups in total. The molecule has 0 spiro atoms. The first-order valence-corrected chi connectivity index (χ1v) is 9.76. The highest BCUT2D eigenvalue weighted by Crippen LogP contribution is 2.10. The molecule has 0 aromatic rings. The van der Waals surface area contributed by atoms with Crippen LogP contribution in [0.4, 0.5) is 0 Å². The summed E-state index contributed by atoms with van der Waals surface area (Å²) >= 11 is 3.42. The zero-order valence-electron chi connectivity index (χ0n) is 13.4. The number of amides is 1. The van der Waals surface area contributed by atoms with E-state index in [1.54, 1.807) is 0 Å². The summed E-state index contributed by atoms with van der Waals surface area (Å²) in [6.45, 7) is 3.11. The number of carbonyl (C=O) groups is 1. The lowest BCUT2D eigenvalue weighted by Crippen LogP contribution is -2.23. The molecule has 0 aromatic carbocycles. The predicted octanol–water partition coefficient (Wildman–Crippen LogP) is 5.59. The van der Waals surface area contributed by atoms with E-state index < -0.39 is 0 Å². The molecule has 0 rings (SSSR count). The van der Waals surface area contributed by atoms with Crippen LogP contribution in [0.25, 0.3) is 0 Å². The third-order valence-electron chi connectivity index (χ3n) is 3.64. The SMILES string of the molecule is CCCCCCCCCCCC(=O)NCCCCCBr. The number of halogens is 1. The van der Waals surface area contributed by atoms with Crippen molar-refractivity contribution >= 4 is 21.8 Å². The summed E-state index contributed by atoms with van der Waals surface area (Å²) in [6.07, 6.45) is 16.0. The Kier molecular flexibility index (Phi) is 17.0. The summed E-state index contributed by atoms with van der Waals surface area (Å²) in [5, 5.41) is 4.08. The Bertz CT molecular complexity index is 209. The molecule has 0 saturated heterocycles. The first-order chi connectivity index (χ1) is 9.81. The van der Waals surface area contributed by atoms with Gasteiger partial charge in [0.15, 0.2) is 0 Å². The van der Waals surface area contributed by atoms with E-state index >= 15 is 0 Å². The van der Waals surface area contributed by atoms with Crippen LogP contribution in [0.15, 0.2) is 0 Å². The largest absolute Gasteiger partial charge is 0.356 e. The maximum absolute atomic E-state index is 11.6. The standard InChI is InChI=1S/C17H34BrNO/c1-2-3-4-5-6-7-8-9-11-14-17(20)19-16-13-10-12-15-18/h2-16H2,1H3,(H,19,20). The van der Waals surface area contributed by atoms with Gasteiger partial charge in [0.1, 0.15) is 0 Å². The fourth-order valence-electron chi connectivity index (χ4n) is 2.31. The molecule has 0 aromatic heterocycles. The van der Waals surface area contributed by atoms with Crippen molar-refractivity contribution in [3.05, 3.63) is 0 Å². The Morgan fingerprint density at radius 1 is 0.800 bits per heavy atom. The third-order valence-corrected chi connectivity index (χ3v) is 4.20. The second-order valence-electron chi connectivity index (χ2n) is 5.68. The van der Waals surface area contributed by atoms with E-state index in [1.165, 1.54) is 64.2 Å². The van der Waals surface area contributed by atoms with Gasteiger partial charge in [0.05, 0.1) is 0 Å². The normalized spacial score (nSPS) is 10.7. The minimum atomic E-state index is 0.242. The van der Waals surface area contributed by atoms with Gasteiger partial charge in [-0.2, -0.15) is 0 Å². The van der Waals surface area contributed by atoms with Gasteiger partial charge in [-0.05, 0) is 19.3 Å². The molecule has 2 nitrogen and oxygen atoms in total. The molecular formula is C17H34BrNO. The van der Waals surface area contributed by atoms with Crippen LogP contribution in [0.5, 0.6) is 0 Å². The van der Waals surface area contributed by atoms with Crippen LogP contribution in [0.2, 0.25) is 0 Å². The van der Waals surface area contributed by atoms with Crippen LogP contribution < -0.4 is 5.32 Å². The van der Waals surface area contributed by atoms with Crippen LogP contribution in [-0.2, 0) is 4.79 Å². The summed E-state index contributed by atoms with van der Waals surface area (Å²) in [6, 6.07) is 0. The highest BCUT2D eigenvalue weighted by molar-refractivity contribution is 9.09. The highest BCUT2D eigenvalue weighted by Gasteiger charge is 2.00. The van der Waals surface area contributed by atoms with E-state index in [-0.39, 0.29) is 5.91 Å². The zero-order chi connectivity index (χ0) is 14.9. The Balaban J connectivity index is 3.11. The lowest BCUT2D eigenvalue weighted by atomic mass is 10.1. The van der Waals surface area contributed by atoms with E-state index in [0.717, 1.165) is 24.7 Å². The quantitative estimate of drug-likeness (QED) is 0.303. The summed E-state index contributed by atoms with van der Waals surface area (Å²) in [4.78, 5) is 11.6. The van der Waals surface area contributed by atoms with Crippen molar-refractivity contribution in [3.63, 3.8) is 0 Å². The molecule has 0 aliphatic rings. The molecule has 0 unspecified atom stereocenters.